The maximum absolute atomic E-state index is 12.6. The minimum absolute atomic E-state index is 0.0678. The van der Waals surface area contributed by atoms with Crippen LogP contribution in [-0.4, -0.2) is 40.8 Å². The van der Waals surface area contributed by atoms with Crippen molar-refractivity contribution in [1.29, 1.82) is 0 Å². The molecule has 1 saturated carbocycles. The summed E-state index contributed by atoms with van der Waals surface area (Å²) in [5.41, 5.74) is 0.708. The highest BCUT2D eigenvalue weighted by Gasteiger charge is 2.29. The first kappa shape index (κ1) is 16.9. The van der Waals surface area contributed by atoms with Gasteiger partial charge in [-0.05, 0) is 43.2 Å². The second kappa shape index (κ2) is 7.32. The Morgan fingerprint density at radius 1 is 1.08 bits per heavy atom. The molecule has 2 fully saturated rings. The minimum atomic E-state index is -0.169. The molecule has 2 aliphatic rings. The number of nitrogens with zero attached hydrogens (tertiary/aromatic N) is 2. The van der Waals surface area contributed by atoms with Crippen molar-refractivity contribution in [3.05, 3.63) is 29.6 Å². The summed E-state index contributed by atoms with van der Waals surface area (Å²) in [6.45, 7) is 6.02. The predicted octanol–water partition coefficient (Wildman–Crippen LogP) is 2.87. The zero-order valence-corrected chi connectivity index (χ0v) is 14.6. The van der Waals surface area contributed by atoms with Crippen molar-refractivity contribution in [3.8, 4) is 0 Å². The molecule has 5 heteroatoms. The third-order valence-electron chi connectivity index (χ3n) is 5.62. The summed E-state index contributed by atoms with van der Waals surface area (Å²) < 4.78 is 0. The fourth-order valence-electron chi connectivity index (χ4n) is 3.79. The molecule has 2 heterocycles. The van der Waals surface area contributed by atoms with Crippen molar-refractivity contribution in [2.45, 2.75) is 52.0 Å². The van der Waals surface area contributed by atoms with Crippen molar-refractivity contribution < 1.29 is 9.59 Å². The summed E-state index contributed by atoms with van der Waals surface area (Å²) in [5.74, 6) is 0.857. The van der Waals surface area contributed by atoms with Crippen LogP contribution in [0.2, 0.25) is 0 Å². The smallest absolute Gasteiger partial charge is 0.272 e. The Kier molecular flexibility index (Phi) is 5.17. The topological polar surface area (TPSA) is 62.3 Å². The lowest BCUT2D eigenvalue weighted by atomic mass is 9.78. The second-order valence-corrected chi connectivity index (χ2v) is 7.25. The number of carbonyl (C=O) groups is 2. The molecule has 2 amide bonds. The Labute approximate surface area is 143 Å². The van der Waals surface area contributed by atoms with Gasteiger partial charge >= 0.3 is 0 Å². The van der Waals surface area contributed by atoms with Gasteiger partial charge in [-0.15, -0.1) is 0 Å². The normalized spacial score (nSPS) is 27.1. The SMILES string of the molecule is C[C@H]1[C@H](C)CCC[C@@H]1NC(=O)c1cccc(C(=O)N2CCCC2)n1. The molecule has 0 aromatic carbocycles. The molecule has 3 rings (SSSR count). The predicted molar refractivity (Wildman–Crippen MR) is 92.8 cm³/mol. The van der Waals surface area contributed by atoms with Crippen LogP contribution in [0.15, 0.2) is 18.2 Å². The van der Waals surface area contributed by atoms with E-state index < -0.39 is 0 Å². The largest absolute Gasteiger partial charge is 0.348 e. The van der Waals surface area contributed by atoms with Crippen molar-refractivity contribution in [2.75, 3.05) is 13.1 Å². The average molecular weight is 329 g/mol. The Balaban J connectivity index is 1.69. The van der Waals surface area contributed by atoms with E-state index in [1.807, 2.05) is 4.90 Å². The van der Waals surface area contributed by atoms with Crippen LogP contribution in [0.25, 0.3) is 0 Å². The number of hydrogen-bond acceptors (Lipinski definition) is 3. The van der Waals surface area contributed by atoms with E-state index in [2.05, 4.69) is 24.1 Å². The first-order chi connectivity index (χ1) is 11.6. The van der Waals surface area contributed by atoms with Gasteiger partial charge < -0.3 is 10.2 Å². The Bertz CT molecular complexity index is 610. The number of nitrogens with one attached hydrogen (secondary N) is 1. The number of aromatic nitrogens is 1. The number of rotatable bonds is 3. The van der Waals surface area contributed by atoms with E-state index in [9.17, 15) is 9.59 Å². The van der Waals surface area contributed by atoms with Gasteiger partial charge in [0.1, 0.15) is 11.4 Å². The molecule has 1 aliphatic carbocycles. The Morgan fingerprint density at radius 3 is 2.54 bits per heavy atom. The molecular formula is C19H27N3O2. The summed E-state index contributed by atoms with van der Waals surface area (Å²) in [6, 6.07) is 5.33. The van der Waals surface area contributed by atoms with Crippen molar-refractivity contribution in [2.24, 2.45) is 11.8 Å². The molecule has 5 nitrogen and oxygen atoms in total. The summed E-state index contributed by atoms with van der Waals surface area (Å²) in [6.07, 6.45) is 5.49. The molecule has 24 heavy (non-hydrogen) atoms. The van der Waals surface area contributed by atoms with Crippen LogP contribution in [0.3, 0.4) is 0 Å². The molecular weight excluding hydrogens is 302 g/mol. The minimum Gasteiger partial charge on any atom is -0.348 e. The molecule has 0 spiro atoms. The lowest BCUT2D eigenvalue weighted by Gasteiger charge is -2.34. The van der Waals surface area contributed by atoms with Crippen LogP contribution in [0.1, 0.15) is 66.9 Å². The van der Waals surface area contributed by atoms with Crippen molar-refractivity contribution in [1.82, 2.24) is 15.2 Å². The molecule has 3 atom stereocenters. The van der Waals surface area contributed by atoms with E-state index >= 15 is 0 Å². The second-order valence-electron chi connectivity index (χ2n) is 7.25. The molecule has 0 radical (unpaired) electrons. The third kappa shape index (κ3) is 3.60. The first-order valence-electron chi connectivity index (χ1n) is 9.13. The van der Waals surface area contributed by atoms with Gasteiger partial charge in [-0.2, -0.15) is 0 Å². The summed E-state index contributed by atoms with van der Waals surface area (Å²) in [4.78, 5) is 31.1. The fourth-order valence-corrected chi connectivity index (χ4v) is 3.79. The van der Waals surface area contributed by atoms with Crippen LogP contribution in [0, 0.1) is 11.8 Å². The Hall–Kier alpha value is -1.91. The van der Waals surface area contributed by atoms with Gasteiger partial charge in [0.25, 0.3) is 11.8 Å². The summed E-state index contributed by atoms with van der Waals surface area (Å²) in [5, 5.41) is 3.12. The van der Waals surface area contributed by atoms with E-state index in [1.165, 1.54) is 6.42 Å². The average Bonchev–Trinajstić information content (AvgIpc) is 3.13. The Morgan fingerprint density at radius 2 is 1.79 bits per heavy atom. The summed E-state index contributed by atoms with van der Waals surface area (Å²) in [7, 11) is 0. The van der Waals surface area contributed by atoms with Gasteiger partial charge in [0.05, 0.1) is 0 Å². The zero-order valence-electron chi connectivity index (χ0n) is 14.6. The van der Waals surface area contributed by atoms with Gasteiger partial charge in [-0.1, -0.05) is 32.8 Å². The van der Waals surface area contributed by atoms with Crippen LogP contribution in [0.5, 0.6) is 0 Å². The molecule has 1 aromatic rings. The van der Waals surface area contributed by atoms with Gasteiger partial charge in [-0.3, -0.25) is 9.59 Å². The van der Waals surface area contributed by atoms with Crippen LogP contribution < -0.4 is 5.32 Å². The van der Waals surface area contributed by atoms with E-state index in [0.717, 1.165) is 38.8 Å². The maximum atomic E-state index is 12.6. The molecule has 1 aromatic heterocycles. The van der Waals surface area contributed by atoms with Gasteiger partial charge in [0.2, 0.25) is 0 Å². The van der Waals surface area contributed by atoms with Crippen molar-refractivity contribution in [3.63, 3.8) is 0 Å². The molecule has 1 N–H and O–H groups in total. The molecule has 1 saturated heterocycles. The van der Waals surface area contributed by atoms with E-state index in [1.54, 1.807) is 18.2 Å². The highest BCUT2D eigenvalue weighted by atomic mass is 16.2. The van der Waals surface area contributed by atoms with E-state index in [4.69, 9.17) is 0 Å². The highest BCUT2D eigenvalue weighted by molar-refractivity contribution is 5.96. The number of pyridine rings is 1. The highest BCUT2D eigenvalue weighted by Crippen LogP contribution is 2.29. The van der Waals surface area contributed by atoms with Gasteiger partial charge in [-0.25, -0.2) is 4.98 Å². The van der Waals surface area contributed by atoms with Crippen LogP contribution in [-0.2, 0) is 0 Å². The monoisotopic (exact) mass is 329 g/mol. The maximum Gasteiger partial charge on any atom is 0.272 e. The standard InChI is InChI=1S/C19H27N3O2/c1-13-7-5-8-15(14(13)2)21-18(23)16-9-6-10-17(20-16)19(24)22-11-3-4-12-22/h6,9-10,13-15H,3-5,7-8,11-12H2,1-2H3,(H,21,23)/t13-,14+,15+/m1/s1. The number of likely N-dealkylation sites (tertiary alicyclic amines) is 1. The lowest BCUT2D eigenvalue weighted by Crippen LogP contribution is -2.44. The summed E-state index contributed by atoms with van der Waals surface area (Å²) >= 11 is 0. The number of carbonyl (C=O) groups excluding carboxylic acids is 2. The fraction of sp³-hybridized carbons (Fsp3) is 0.632. The molecule has 1 aliphatic heterocycles. The van der Waals surface area contributed by atoms with Gasteiger partial charge in [0, 0.05) is 19.1 Å². The van der Waals surface area contributed by atoms with Crippen LogP contribution >= 0.6 is 0 Å². The number of hydrogen-bond donors (Lipinski definition) is 1. The zero-order chi connectivity index (χ0) is 17.1. The molecule has 0 bridgehead atoms. The third-order valence-corrected chi connectivity index (χ3v) is 5.62. The first-order valence-corrected chi connectivity index (χ1v) is 9.13. The van der Waals surface area contributed by atoms with Crippen molar-refractivity contribution >= 4 is 11.8 Å². The quantitative estimate of drug-likeness (QED) is 0.927. The molecule has 130 valence electrons. The lowest BCUT2D eigenvalue weighted by molar-refractivity contribution is 0.0786. The van der Waals surface area contributed by atoms with Crippen LogP contribution in [0.4, 0.5) is 0 Å². The van der Waals surface area contributed by atoms with Gasteiger partial charge in [0.15, 0.2) is 0 Å². The van der Waals surface area contributed by atoms with E-state index in [0.29, 0.717) is 23.2 Å². The number of amides is 2. The molecule has 0 unspecified atom stereocenters. The van der Waals surface area contributed by atoms with E-state index in [-0.39, 0.29) is 17.9 Å².